The number of alkyl halides is 3. The highest BCUT2D eigenvalue weighted by Crippen LogP contribution is 2.28. The van der Waals surface area contributed by atoms with Gasteiger partial charge in [0, 0.05) is 15.8 Å². The van der Waals surface area contributed by atoms with Crippen LogP contribution < -0.4 is 16.6 Å². The molecule has 0 aliphatic heterocycles. The second-order valence-electron chi connectivity index (χ2n) is 3.97. The SMILES string of the molecule is Cc1ccc(CNc2cc(NN)nc(C(F)(F)F)n2)s1. The molecule has 2 aromatic rings. The van der Waals surface area contributed by atoms with Crippen LogP contribution in [0.1, 0.15) is 15.6 Å². The number of hydrazine groups is 1. The molecule has 0 saturated carbocycles. The molecule has 0 aromatic carbocycles. The Kier molecular flexibility index (Phi) is 4.09. The summed E-state index contributed by atoms with van der Waals surface area (Å²) in [5.74, 6) is 3.83. The molecular weight excluding hydrogens is 291 g/mol. The molecule has 2 heterocycles. The Morgan fingerprint density at radius 1 is 1.25 bits per heavy atom. The van der Waals surface area contributed by atoms with E-state index in [0.29, 0.717) is 6.54 Å². The summed E-state index contributed by atoms with van der Waals surface area (Å²) in [5, 5.41) is 2.83. The third-order valence-corrected chi connectivity index (χ3v) is 3.37. The van der Waals surface area contributed by atoms with E-state index in [1.54, 1.807) is 11.3 Å². The molecule has 0 amide bonds. The summed E-state index contributed by atoms with van der Waals surface area (Å²) >= 11 is 1.56. The fourth-order valence-corrected chi connectivity index (χ4v) is 2.33. The minimum absolute atomic E-state index is 0.0614. The Bertz CT molecular complexity index is 596. The van der Waals surface area contributed by atoms with Gasteiger partial charge >= 0.3 is 6.18 Å². The van der Waals surface area contributed by atoms with Crippen molar-refractivity contribution >= 4 is 23.0 Å². The van der Waals surface area contributed by atoms with Crippen LogP contribution in [0.15, 0.2) is 18.2 Å². The minimum atomic E-state index is -4.62. The Labute approximate surface area is 117 Å². The molecule has 4 N–H and O–H groups in total. The second-order valence-corrected chi connectivity index (χ2v) is 5.34. The van der Waals surface area contributed by atoms with Gasteiger partial charge in [0.1, 0.15) is 11.6 Å². The summed E-state index contributed by atoms with van der Waals surface area (Å²) in [4.78, 5) is 8.84. The number of aromatic nitrogens is 2. The van der Waals surface area contributed by atoms with Gasteiger partial charge in [0.15, 0.2) is 0 Å². The molecule has 0 unspecified atom stereocenters. The van der Waals surface area contributed by atoms with Gasteiger partial charge in [0.05, 0.1) is 6.54 Å². The zero-order valence-electron chi connectivity index (χ0n) is 10.5. The molecule has 0 bridgehead atoms. The van der Waals surface area contributed by atoms with E-state index in [-0.39, 0.29) is 11.6 Å². The fraction of sp³-hybridized carbons (Fsp3) is 0.273. The highest BCUT2D eigenvalue weighted by Gasteiger charge is 2.35. The van der Waals surface area contributed by atoms with Crippen molar-refractivity contribution in [3.8, 4) is 0 Å². The number of nitrogens with one attached hydrogen (secondary N) is 2. The van der Waals surface area contributed by atoms with Crippen molar-refractivity contribution in [3.05, 3.63) is 33.8 Å². The fourth-order valence-electron chi connectivity index (χ4n) is 1.50. The molecule has 20 heavy (non-hydrogen) atoms. The van der Waals surface area contributed by atoms with Gasteiger partial charge < -0.3 is 10.7 Å². The minimum Gasteiger partial charge on any atom is -0.365 e. The van der Waals surface area contributed by atoms with Crippen LogP contribution in [0, 0.1) is 6.92 Å². The van der Waals surface area contributed by atoms with Crippen LogP contribution in [0.3, 0.4) is 0 Å². The van der Waals surface area contributed by atoms with Crippen LogP contribution in [0.2, 0.25) is 0 Å². The second kappa shape index (κ2) is 5.63. The van der Waals surface area contributed by atoms with Crippen LogP contribution in [0.25, 0.3) is 0 Å². The first-order chi connectivity index (χ1) is 9.38. The Morgan fingerprint density at radius 2 is 1.95 bits per heavy atom. The maximum atomic E-state index is 12.6. The van der Waals surface area contributed by atoms with Gasteiger partial charge in [-0.05, 0) is 19.1 Å². The van der Waals surface area contributed by atoms with Gasteiger partial charge in [0.25, 0.3) is 0 Å². The number of nitrogens with two attached hydrogens (primary N) is 1. The topological polar surface area (TPSA) is 75.9 Å². The number of thiophene rings is 1. The molecule has 0 aliphatic carbocycles. The van der Waals surface area contributed by atoms with E-state index < -0.39 is 12.0 Å². The van der Waals surface area contributed by atoms with Gasteiger partial charge in [-0.3, -0.25) is 0 Å². The molecule has 9 heteroatoms. The lowest BCUT2D eigenvalue weighted by Gasteiger charge is -2.10. The lowest BCUT2D eigenvalue weighted by atomic mass is 10.4. The number of aryl methyl sites for hydroxylation is 1. The molecular formula is C11H12F3N5S. The van der Waals surface area contributed by atoms with Gasteiger partial charge in [-0.2, -0.15) is 13.2 Å². The first kappa shape index (κ1) is 14.5. The summed E-state index contributed by atoms with van der Waals surface area (Å²) in [5.41, 5.74) is 2.09. The Balaban J connectivity index is 2.18. The van der Waals surface area contributed by atoms with Crippen molar-refractivity contribution in [3.63, 3.8) is 0 Å². The number of hydrogen-bond acceptors (Lipinski definition) is 6. The Hall–Kier alpha value is -1.87. The number of nitrogen functional groups attached to an aromatic ring is 1. The molecule has 0 spiro atoms. The molecule has 0 aliphatic rings. The van der Waals surface area contributed by atoms with Gasteiger partial charge in [-0.1, -0.05) is 0 Å². The predicted octanol–water partition coefficient (Wildman–Crippen LogP) is 2.76. The zero-order chi connectivity index (χ0) is 14.8. The van der Waals surface area contributed by atoms with Gasteiger partial charge in [0.2, 0.25) is 5.82 Å². The molecule has 0 radical (unpaired) electrons. The molecule has 2 aromatic heterocycles. The molecule has 108 valence electrons. The molecule has 0 fully saturated rings. The van der Waals surface area contributed by atoms with E-state index in [4.69, 9.17) is 5.84 Å². The average Bonchev–Trinajstić information content (AvgIpc) is 2.81. The molecule has 0 atom stereocenters. The molecule has 5 nitrogen and oxygen atoms in total. The smallest absolute Gasteiger partial charge is 0.365 e. The van der Waals surface area contributed by atoms with Crippen LogP contribution >= 0.6 is 11.3 Å². The number of nitrogens with zero attached hydrogens (tertiary/aromatic N) is 2. The Morgan fingerprint density at radius 3 is 2.50 bits per heavy atom. The van der Waals surface area contributed by atoms with E-state index in [9.17, 15) is 13.2 Å². The third-order valence-electron chi connectivity index (χ3n) is 2.37. The van der Waals surface area contributed by atoms with Crippen LogP contribution in [-0.2, 0) is 12.7 Å². The maximum Gasteiger partial charge on any atom is 0.451 e. The van der Waals surface area contributed by atoms with Crippen molar-refractivity contribution in [1.82, 2.24) is 9.97 Å². The summed E-state index contributed by atoms with van der Waals surface area (Å²) in [6.45, 7) is 2.34. The zero-order valence-corrected chi connectivity index (χ0v) is 11.3. The van der Waals surface area contributed by atoms with Crippen LogP contribution in [0.4, 0.5) is 24.8 Å². The normalized spacial score (nSPS) is 11.4. The highest BCUT2D eigenvalue weighted by molar-refractivity contribution is 7.11. The summed E-state index contributed by atoms with van der Waals surface area (Å²) in [6, 6.07) is 5.16. The van der Waals surface area contributed by atoms with E-state index in [2.05, 4.69) is 20.7 Å². The maximum absolute atomic E-state index is 12.6. The number of halogens is 3. The average molecular weight is 303 g/mol. The monoisotopic (exact) mass is 303 g/mol. The van der Waals surface area contributed by atoms with Crippen molar-refractivity contribution in [2.45, 2.75) is 19.6 Å². The first-order valence-corrected chi connectivity index (χ1v) is 6.42. The highest BCUT2D eigenvalue weighted by atomic mass is 32.1. The van der Waals surface area contributed by atoms with E-state index in [1.165, 1.54) is 6.07 Å². The van der Waals surface area contributed by atoms with Crippen LogP contribution in [-0.4, -0.2) is 9.97 Å². The van der Waals surface area contributed by atoms with Crippen molar-refractivity contribution in [2.75, 3.05) is 10.7 Å². The first-order valence-electron chi connectivity index (χ1n) is 5.60. The van der Waals surface area contributed by atoms with E-state index in [1.807, 2.05) is 19.1 Å². The summed E-state index contributed by atoms with van der Waals surface area (Å²) in [6.07, 6.45) is -4.62. The summed E-state index contributed by atoms with van der Waals surface area (Å²) in [7, 11) is 0. The van der Waals surface area contributed by atoms with E-state index >= 15 is 0 Å². The van der Waals surface area contributed by atoms with Crippen molar-refractivity contribution in [2.24, 2.45) is 5.84 Å². The largest absolute Gasteiger partial charge is 0.451 e. The lowest BCUT2D eigenvalue weighted by molar-refractivity contribution is -0.144. The van der Waals surface area contributed by atoms with Gasteiger partial charge in [-0.25, -0.2) is 15.8 Å². The van der Waals surface area contributed by atoms with Crippen molar-refractivity contribution in [1.29, 1.82) is 0 Å². The van der Waals surface area contributed by atoms with Crippen LogP contribution in [0.5, 0.6) is 0 Å². The quantitative estimate of drug-likeness (QED) is 0.598. The number of hydrogen-bond donors (Lipinski definition) is 3. The van der Waals surface area contributed by atoms with Gasteiger partial charge in [-0.15, -0.1) is 11.3 Å². The number of anilines is 2. The van der Waals surface area contributed by atoms with Crippen molar-refractivity contribution < 1.29 is 13.2 Å². The molecule has 2 rings (SSSR count). The number of rotatable bonds is 4. The van der Waals surface area contributed by atoms with E-state index in [0.717, 1.165) is 9.75 Å². The lowest BCUT2D eigenvalue weighted by Crippen LogP contribution is -2.17. The summed E-state index contributed by atoms with van der Waals surface area (Å²) < 4.78 is 37.9. The molecule has 0 saturated heterocycles. The standard InChI is InChI=1S/C11H12F3N5S/c1-6-2-3-7(20-6)5-16-8-4-9(19-15)18-10(17-8)11(12,13)14/h2-4H,5,15H2,1H3,(H2,16,17,18,19). The third kappa shape index (κ3) is 3.58. The predicted molar refractivity (Wildman–Crippen MR) is 71.2 cm³/mol.